The molecule has 4 rings (SSSR count). The number of anilines is 1. The first-order valence-electron chi connectivity index (χ1n) is 8.85. The molecule has 1 atom stereocenters. The van der Waals surface area contributed by atoms with E-state index in [2.05, 4.69) is 34.3 Å². The lowest BCUT2D eigenvalue weighted by molar-refractivity contribution is 0.410. The van der Waals surface area contributed by atoms with E-state index < -0.39 is 0 Å². The molecule has 0 spiro atoms. The van der Waals surface area contributed by atoms with Gasteiger partial charge in [0.15, 0.2) is 5.82 Å². The van der Waals surface area contributed by atoms with Crippen LogP contribution in [0.2, 0.25) is 0 Å². The molecule has 0 bridgehead atoms. The summed E-state index contributed by atoms with van der Waals surface area (Å²) in [5.74, 6) is 2.56. The lowest BCUT2D eigenvalue weighted by Gasteiger charge is -2.18. The topological polar surface area (TPSA) is 59.9 Å². The number of hydrogen-bond donors (Lipinski definition) is 1. The van der Waals surface area contributed by atoms with Crippen molar-refractivity contribution in [2.75, 3.05) is 12.4 Å². The zero-order chi connectivity index (χ0) is 18.1. The maximum Gasteiger partial charge on any atom is 0.163 e. The van der Waals surface area contributed by atoms with Gasteiger partial charge in [0.05, 0.1) is 13.2 Å². The van der Waals surface area contributed by atoms with E-state index in [9.17, 15) is 0 Å². The Hall–Kier alpha value is -2.95. The summed E-state index contributed by atoms with van der Waals surface area (Å²) < 4.78 is 5.52. The molecule has 0 amide bonds. The summed E-state index contributed by atoms with van der Waals surface area (Å²) in [6, 6.07) is 10.4. The zero-order valence-electron chi connectivity index (χ0n) is 15.3. The van der Waals surface area contributed by atoms with Gasteiger partial charge in [-0.15, -0.1) is 0 Å². The Morgan fingerprint density at radius 3 is 2.77 bits per heavy atom. The smallest absolute Gasteiger partial charge is 0.163 e. The molecule has 132 valence electrons. The van der Waals surface area contributed by atoms with Crippen LogP contribution in [0, 0.1) is 13.8 Å². The van der Waals surface area contributed by atoms with Gasteiger partial charge < -0.3 is 10.1 Å². The fraction of sp³-hybridized carbons (Fsp3) is 0.286. The molecular formula is C21H22N4O. The monoisotopic (exact) mass is 346 g/mol. The van der Waals surface area contributed by atoms with Gasteiger partial charge in [0, 0.05) is 29.2 Å². The van der Waals surface area contributed by atoms with Crippen molar-refractivity contribution in [3.8, 4) is 17.1 Å². The van der Waals surface area contributed by atoms with Gasteiger partial charge in [-0.3, -0.25) is 4.98 Å². The van der Waals surface area contributed by atoms with Crippen LogP contribution in [-0.2, 0) is 6.42 Å². The van der Waals surface area contributed by atoms with Gasteiger partial charge in [-0.25, -0.2) is 9.97 Å². The average molecular weight is 346 g/mol. The van der Waals surface area contributed by atoms with Crippen LogP contribution in [0.15, 0.2) is 42.7 Å². The fourth-order valence-electron chi connectivity index (χ4n) is 3.52. The summed E-state index contributed by atoms with van der Waals surface area (Å²) >= 11 is 0. The molecule has 5 heteroatoms. The van der Waals surface area contributed by atoms with Gasteiger partial charge in [-0.1, -0.05) is 12.1 Å². The van der Waals surface area contributed by atoms with Crippen molar-refractivity contribution in [3.05, 3.63) is 65.1 Å². The maximum absolute atomic E-state index is 5.52. The number of ether oxygens (including phenoxy) is 1. The minimum atomic E-state index is 0.231. The van der Waals surface area contributed by atoms with Gasteiger partial charge in [-0.2, -0.15) is 0 Å². The van der Waals surface area contributed by atoms with E-state index >= 15 is 0 Å². The molecule has 1 aromatic carbocycles. The van der Waals surface area contributed by atoms with Gasteiger partial charge in [0.25, 0.3) is 0 Å². The second kappa shape index (κ2) is 6.75. The van der Waals surface area contributed by atoms with Crippen molar-refractivity contribution in [3.63, 3.8) is 0 Å². The third kappa shape index (κ3) is 2.90. The van der Waals surface area contributed by atoms with Crippen molar-refractivity contribution in [1.82, 2.24) is 15.0 Å². The predicted molar refractivity (Wildman–Crippen MR) is 102 cm³/mol. The molecular weight excluding hydrogens is 324 g/mol. The highest BCUT2D eigenvalue weighted by atomic mass is 16.5. The number of aryl methyl sites for hydroxylation is 1. The lowest BCUT2D eigenvalue weighted by atomic mass is 10.1. The fourth-order valence-corrected chi connectivity index (χ4v) is 3.52. The lowest BCUT2D eigenvalue weighted by Crippen LogP contribution is -2.12. The standard InChI is InChI=1S/C21H22N4O/c1-13-14(2)23-21(15-6-5-11-22-12-15)25-20(13)24-18-10-9-17-16(18)7-4-8-19(17)26-3/h4-8,11-12,18H,9-10H2,1-3H3,(H,23,24,25). The highest BCUT2D eigenvalue weighted by Crippen LogP contribution is 2.39. The van der Waals surface area contributed by atoms with Crippen LogP contribution in [0.3, 0.4) is 0 Å². The summed E-state index contributed by atoms with van der Waals surface area (Å²) in [4.78, 5) is 13.6. The highest BCUT2D eigenvalue weighted by Gasteiger charge is 2.26. The molecule has 0 saturated carbocycles. The van der Waals surface area contributed by atoms with E-state index in [0.29, 0.717) is 5.82 Å². The molecule has 0 fully saturated rings. The number of methoxy groups -OCH3 is 1. The molecule has 1 aliphatic rings. The van der Waals surface area contributed by atoms with Crippen molar-refractivity contribution >= 4 is 5.82 Å². The Morgan fingerprint density at radius 1 is 1.12 bits per heavy atom. The number of fused-ring (bicyclic) bond motifs is 1. The Labute approximate surface area is 153 Å². The SMILES string of the molecule is COc1cccc2c1CCC2Nc1nc(-c2cccnc2)nc(C)c1C. The first-order chi connectivity index (χ1) is 12.7. The Morgan fingerprint density at radius 2 is 2.00 bits per heavy atom. The molecule has 1 unspecified atom stereocenters. The van der Waals surface area contributed by atoms with Crippen molar-refractivity contribution < 1.29 is 4.74 Å². The van der Waals surface area contributed by atoms with Crippen molar-refractivity contribution in [2.45, 2.75) is 32.7 Å². The summed E-state index contributed by atoms with van der Waals surface area (Å²) in [5, 5.41) is 3.64. The van der Waals surface area contributed by atoms with Crippen LogP contribution in [0.25, 0.3) is 11.4 Å². The average Bonchev–Trinajstić information content (AvgIpc) is 3.09. The molecule has 0 saturated heterocycles. The number of aromatic nitrogens is 3. The molecule has 2 heterocycles. The number of nitrogens with zero attached hydrogens (tertiary/aromatic N) is 3. The Balaban J connectivity index is 1.69. The minimum absolute atomic E-state index is 0.231. The minimum Gasteiger partial charge on any atom is -0.496 e. The molecule has 5 nitrogen and oxygen atoms in total. The zero-order valence-corrected chi connectivity index (χ0v) is 15.3. The number of pyridine rings is 1. The maximum atomic E-state index is 5.52. The molecule has 2 aromatic heterocycles. The van der Waals surface area contributed by atoms with Crippen LogP contribution in [-0.4, -0.2) is 22.1 Å². The van der Waals surface area contributed by atoms with E-state index in [1.807, 2.05) is 25.1 Å². The van der Waals surface area contributed by atoms with Gasteiger partial charge >= 0.3 is 0 Å². The summed E-state index contributed by atoms with van der Waals surface area (Å²) in [6.45, 7) is 4.08. The Kier molecular flexibility index (Phi) is 4.29. The van der Waals surface area contributed by atoms with Crippen LogP contribution < -0.4 is 10.1 Å². The van der Waals surface area contributed by atoms with Crippen molar-refractivity contribution in [2.24, 2.45) is 0 Å². The summed E-state index contributed by atoms with van der Waals surface area (Å²) in [7, 11) is 1.73. The van der Waals surface area contributed by atoms with E-state index in [1.54, 1.807) is 19.5 Å². The number of hydrogen-bond acceptors (Lipinski definition) is 5. The van der Waals surface area contributed by atoms with Crippen molar-refractivity contribution in [1.29, 1.82) is 0 Å². The normalized spacial score (nSPS) is 15.6. The van der Waals surface area contributed by atoms with Crippen LogP contribution in [0.5, 0.6) is 5.75 Å². The van der Waals surface area contributed by atoms with Gasteiger partial charge in [0.2, 0.25) is 0 Å². The van der Waals surface area contributed by atoms with E-state index in [-0.39, 0.29) is 6.04 Å². The van der Waals surface area contributed by atoms with Crippen LogP contribution in [0.1, 0.15) is 34.8 Å². The highest BCUT2D eigenvalue weighted by molar-refractivity contribution is 5.60. The second-order valence-electron chi connectivity index (χ2n) is 6.61. The van der Waals surface area contributed by atoms with E-state index in [4.69, 9.17) is 9.72 Å². The number of nitrogens with one attached hydrogen (secondary N) is 1. The summed E-state index contributed by atoms with van der Waals surface area (Å²) in [6.07, 6.45) is 5.59. The van der Waals surface area contributed by atoms with Gasteiger partial charge in [-0.05, 0) is 56.0 Å². The first kappa shape index (κ1) is 16.5. The molecule has 26 heavy (non-hydrogen) atoms. The first-order valence-corrected chi connectivity index (χ1v) is 8.85. The predicted octanol–water partition coefficient (Wildman–Crippen LogP) is 4.26. The van der Waals surface area contributed by atoms with Gasteiger partial charge in [0.1, 0.15) is 11.6 Å². The van der Waals surface area contributed by atoms with Crippen LogP contribution >= 0.6 is 0 Å². The number of rotatable bonds is 4. The van der Waals surface area contributed by atoms with Crippen LogP contribution in [0.4, 0.5) is 5.82 Å². The third-order valence-corrected chi connectivity index (χ3v) is 5.07. The number of benzene rings is 1. The molecule has 1 aliphatic carbocycles. The quantitative estimate of drug-likeness (QED) is 0.765. The molecule has 0 aliphatic heterocycles. The summed E-state index contributed by atoms with van der Waals surface area (Å²) in [5.41, 5.74) is 5.57. The second-order valence-corrected chi connectivity index (χ2v) is 6.61. The molecule has 3 aromatic rings. The Bertz CT molecular complexity index is 940. The molecule has 1 N–H and O–H groups in total. The van der Waals surface area contributed by atoms with E-state index in [0.717, 1.165) is 41.2 Å². The molecule has 0 radical (unpaired) electrons. The largest absolute Gasteiger partial charge is 0.496 e. The van der Waals surface area contributed by atoms with E-state index in [1.165, 1.54) is 11.1 Å². The third-order valence-electron chi connectivity index (χ3n) is 5.07.